The molecule has 0 aliphatic carbocycles. The summed E-state index contributed by atoms with van der Waals surface area (Å²) in [6.45, 7) is 5.77. The van der Waals surface area contributed by atoms with Gasteiger partial charge in [-0.1, -0.05) is 6.07 Å². The monoisotopic (exact) mass is 410 g/mol. The lowest BCUT2D eigenvalue weighted by molar-refractivity contribution is 0.134. The van der Waals surface area contributed by atoms with Gasteiger partial charge in [0.05, 0.1) is 6.61 Å². The molecule has 148 valence electrons. The van der Waals surface area contributed by atoms with Gasteiger partial charge in [-0.2, -0.15) is 0 Å². The fourth-order valence-corrected chi connectivity index (χ4v) is 4.00. The molecule has 0 saturated carbocycles. The average Bonchev–Trinajstić information content (AvgIpc) is 3.17. The number of ether oxygens (including phenoxy) is 1. The Hall–Kier alpha value is -1.24. The molecular formula is C20H28Cl2N4O. The highest BCUT2D eigenvalue weighted by molar-refractivity contribution is 5.85. The van der Waals surface area contributed by atoms with Gasteiger partial charge in [0.15, 0.2) is 0 Å². The standard InChI is InChI=1S/C20H26N4O.2ClH/c1-23(12-16-3-2-6-21-9-16)13-17-10-22-11-18-14-24(7-4-20(17)18)19-5-8-25-15-19;;/h2-3,6,9-11,19H,4-5,7-8,12-15H2,1H3;2*1H. The summed E-state index contributed by atoms with van der Waals surface area (Å²) in [5, 5.41) is 0. The number of hydrogen-bond donors (Lipinski definition) is 0. The van der Waals surface area contributed by atoms with Crippen LogP contribution in [0.15, 0.2) is 36.9 Å². The van der Waals surface area contributed by atoms with Gasteiger partial charge in [-0.3, -0.25) is 19.8 Å². The molecular weight excluding hydrogens is 383 g/mol. The van der Waals surface area contributed by atoms with Gasteiger partial charge in [0.1, 0.15) is 0 Å². The summed E-state index contributed by atoms with van der Waals surface area (Å²) < 4.78 is 5.56. The van der Waals surface area contributed by atoms with E-state index in [2.05, 4.69) is 39.1 Å². The summed E-state index contributed by atoms with van der Waals surface area (Å²) >= 11 is 0. The molecule has 4 rings (SSSR count). The lowest BCUT2D eigenvalue weighted by Gasteiger charge is -2.34. The van der Waals surface area contributed by atoms with Crippen molar-refractivity contribution in [2.75, 3.05) is 26.8 Å². The zero-order valence-corrected chi connectivity index (χ0v) is 17.3. The summed E-state index contributed by atoms with van der Waals surface area (Å²) in [7, 11) is 2.16. The van der Waals surface area contributed by atoms with Crippen molar-refractivity contribution in [2.45, 2.75) is 38.5 Å². The van der Waals surface area contributed by atoms with Crippen LogP contribution in [-0.4, -0.2) is 52.6 Å². The molecule has 2 aliphatic rings. The van der Waals surface area contributed by atoms with Crippen LogP contribution in [-0.2, 0) is 30.8 Å². The zero-order valence-electron chi connectivity index (χ0n) is 15.7. The van der Waals surface area contributed by atoms with Crippen molar-refractivity contribution < 1.29 is 4.74 Å². The molecule has 7 heteroatoms. The lowest BCUT2D eigenvalue weighted by Crippen LogP contribution is -2.40. The number of nitrogens with zero attached hydrogens (tertiary/aromatic N) is 4. The smallest absolute Gasteiger partial charge is 0.0622 e. The molecule has 0 aromatic carbocycles. The maximum absolute atomic E-state index is 5.56. The van der Waals surface area contributed by atoms with Gasteiger partial charge in [-0.05, 0) is 48.2 Å². The molecule has 1 saturated heterocycles. The fourth-order valence-electron chi connectivity index (χ4n) is 4.00. The SMILES string of the molecule is CN(Cc1cccnc1)Cc1cncc2c1CCN(C1CCOC1)C2.Cl.Cl. The van der Waals surface area contributed by atoms with Crippen molar-refractivity contribution in [3.05, 3.63) is 59.2 Å². The third-order valence-corrected chi connectivity index (χ3v) is 5.30. The van der Waals surface area contributed by atoms with Crippen molar-refractivity contribution in [1.29, 1.82) is 0 Å². The molecule has 0 bridgehead atoms. The topological polar surface area (TPSA) is 41.5 Å². The highest BCUT2D eigenvalue weighted by Gasteiger charge is 2.27. The first kappa shape index (κ1) is 22.1. The van der Waals surface area contributed by atoms with Gasteiger partial charge in [-0.25, -0.2) is 0 Å². The van der Waals surface area contributed by atoms with Crippen molar-refractivity contribution in [3.63, 3.8) is 0 Å². The summed E-state index contributed by atoms with van der Waals surface area (Å²) in [5.74, 6) is 0. The molecule has 0 spiro atoms. The Morgan fingerprint density at radius 2 is 2.07 bits per heavy atom. The van der Waals surface area contributed by atoms with Crippen LogP contribution in [0.3, 0.4) is 0 Å². The van der Waals surface area contributed by atoms with E-state index in [4.69, 9.17) is 4.74 Å². The molecule has 1 atom stereocenters. The van der Waals surface area contributed by atoms with E-state index in [1.54, 1.807) is 0 Å². The Morgan fingerprint density at radius 1 is 1.19 bits per heavy atom. The minimum Gasteiger partial charge on any atom is -0.380 e. The summed E-state index contributed by atoms with van der Waals surface area (Å²) in [6, 6.07) is 4.71. The highest BCUT2D eigenvalue weighted by atomic mass is 35.5. The van der Waals surface area contributed by atoms with Gasteiger partial charge in [0.25, 0.3) is 0 Å². The van der Waals surface area contributed by atoms with Crippen LogP contribution in [0.1, 0.15) is 28.7 Å². The minimum atomic E-state index is 0. The van der Waals surface area contributed by atoms with Gasteiger partial charge in [0.2, 0.25) is 0 Å². The van der Waals surface area contributed by atoms with Gasteiger partial charge in [-0.15, -0.1) is 24.8 Å². The number of hydrogen-bond acceptors (Lipinski definition) is 5. The molecule has 1 unspecified atom stereocenters. The summed E-state index contributed by atoms with van der Waals surface area (Å²) in [4.78, 5) is 13.6. The minimum absolute atomic E-state index is 0. The number of rotatable bonds is 5. The van der Waals surface area contributed by atoms with Crippen LogP contribution in [0.2, 0.25) is 0 Å². The van der Waals surface area contributed by atoms with E-state index in [1.165, 1.54) is 22.3 Å². The fraction of sp³-hybridized carbons (Fsp3) is 0.500. The molecule has 4 heterocycles. The predicted octanol–water partition coefficient (Wildman–Crippen LogP) is 3.10. The Kier molecular flexibility index (Phi) is 8.45. The number of halogens is 2. The normalized spacial score (nSPS) is 19.3. The predicted molar refractivity (Wildman–Crippen MR) is 111 cm³/mol. The molecule has 2 aromatic heterocycles. The first-order chi connectivity index (χ1) is 12.3. The lowest BCUT2D eigenvalue weighted by atomic mass is 9.95. The molecule has 1 fully saturated rings. The molecule has 2 aliphatic heterocycles. The average molecular weight is 411 g/mol. The zero-order chi connectivity index (χ0) is 17.1. The third-order valence-electron chi connectivity index (χ3n) is 5.30. The molecule has 2 aromatic rings. The molecule has 0 amide bonds. The van der Waals surface area contributed by atoms with Gasteiger partial charge < -0.3 is 4.74 Å². The van der Waals surface area contributed by atoms with E-state index < -0.39 is 0 Å². The molecule has 0 radical (unpaired) electrons. The first-order valence-electron chi connectivity index (χ1n) is 9.13. The van der Waals surface area contributed by atoms with Crippen molar-refractivity contribution in [3.8, 4) is 0 Å². The van der Waals surface area contributed by atoms with E-state index in [0.29, 0.717) is 6.04 Å². The van der Waals surface area contributed by atoms with Crippen molar-refractivity contribution >= 4 is 24.8 Å². The van der Waals surface area contributed by atoms with Gasteiger partial charge >= 0.3 is 0 Å². The number of aromatic nitrogens is 2. The molecule has 27 heavy (non-hydrogen) atoms. The first-order valence-corrected chi connectivity index (χ1v) is 9.13. The Labute approximate surface area is 174 Å². The van der Waals surface area contributed by atoms with Crippen LogP contribution >= 0.6 is 24.8 Å². The van der Waals surface area contributed by atoms with Gasteiger partial charge in [0, 0.05) is 63.6 Å². The van der Waals surface area contributed by atoms with E-state index in [1.807, 2.05) is 24.7 Å². The van der Waals surface area contributed by atoms with E-state index >= 15 is 0 Å². The number of fused-ring (bicyclic) bond motifs is 1. The van der Waals surface area contributed by atoms with Crippen LogP contribution in [0.25, 0.3) is 0 Å². The largest absolute Gasteiger partial charge is 0.380 e. The highest BCUT2D eigenvalue weighted by Crippen LogP contribution is 2.26. The Morgan fingerprint density at radius 3 is 2.81 bits per heavy atom. The second kappa shape index (κ2) is 10.3. The second-order valence-electron chi connectivity index (χ2n) is 7.21. The van der Waals surface area contributed by atoms with Crippen LogP contribution in [0.5, 0.6) is 0 Å². The van der Waals surface area contributed by atoms with Crippen LogP contribution in [0, 0.1) is 0 Å². The van der Waals surface area contributed by atoms with Crippen LogP contribution in [0.4, 0.5) is 0 Å². The summed E-state index contributed by atoms with van der Waals surface area (Å²) in [5.41, 5.74) is 5.51. The molecule has 0 N–H and O–H groups in total. The number of pyridine rings is 2. The van der Waals surface area contributed by atoms with E-state index in [9.17, 15) is 0 Å². The maximum Gasteiger partial charge on any atom is 0.0622 e. The Bertz CT molecular complexity index is 710. The Balaban J connectivity index is 0.00000131. The van der Waals surface area contributed by atoms with E-state index in [-0.39, 0.29) is 24.8 Å². The molecule has 5 nitrogen and oxygen atoms in total. The third kappa shape index (κ3) is 5.39. The quantitative estimate of drug-likeness (QED) is 0.757. The summed E-state index contributed by atoms with van der Waals surface area (Å²) in [6.07, 6.45) is 10.1. The van der Waals surface area contributed by atoms with Crippen molar-refractivity contribution in [2.24, 2.45) is 0 Å². The van der Waals surface area contributed by atoms with E-state index in [0.717, 1.165) is 52.2 Å². The maximum atomic E-state index is 5.56. The second-order valence-corrected chi connectivity index (χ2v) is 7.21. The van der Waals surface area contributed by atoms with Crippen molar-refractivity contribution in [1.82, 2.24) is 19.8 Å². The van der Waals surface area contributed by atoms with Crippen LogP contribution < -0.4 is 0 Å².